The highest BCUT2D eigenvalue weighted by molar-refractivity contribution is 7.09. The van der Waals surface area contributed by atoms with Crippen molar-refractivity contribution in [1.29, 1.82) is 0 Å². The number of nitrogens with zero attached hydrogens (tertiary/aromatic N) is 2. The molecule has 21 heavy (non-hydrogen) atoms. The Labute approximate surface area is 125 Å². The number of halogens is 3. The maximum atomic E-state index is 13.3. The zero-order valence-electron chi connectivity index (χ0n) is 11.7. The fourth-order valence-corrected chi connectivity index (χ4v) is 2.79. The van der Waals surface area contributed by atoms with Crippen molar-refractivity contribution in [2.24, 2.45) is 5.73 Å². The Morgan fingerprint density at radius 3 is 2.38 bits per heavy atom. The molecule has 0 bridgehead atoms. The first-order chi connectivity index (χ1) is 9.92. The molecule has 0 spiro atoms. The van der Waals surface area contributed by atoms with E-state index < -0.39 is 23.5 Å². The molecule has 1 aromatic carbocycles. The lowest BCUT2D eigenvalue weighted by Gasteiger charge is -2.26. The van der Waals surface area contributed by atoms with E-state index in [4.69, 9.17) is 5.73 Å². The Balaban J connectivity index is 2.22. The summed E-state index contributed by atoms with van der Waals surface area (Å²) in [6, 6.07) is 1.55. The van der Waals surface area contributed by atoms with Gasteiger partial charge in [0.1, 0.15) is 0 Å². The van der Waals surface area contributed by atoms with Gasteiger partial charge in [-0.15, -0.1) is 11.3 Å². The maximum absolute atomic E-state index is 13.3. The number of thiazole rings is 1. The highest BCUT2D eigenvalue weighted by Gasteiger charge is 2.20. The van der Waals surface area contributed by atoms with Crippen LogP contribution in [0.3, 0.4) is 0 Å². The zero-order chi connectivity index (χ0) is 15.6. The number of hydrogen-bond acceptors (Lipinski definition) is 4. The minimum absolute atomic E-state index is 0.157. The molecule has 1 unspecified atom stereocenters. The Hall–Kier alpha value is -1.44. The van der Waals surface area contributed by atoms with Gasteiger partial charge in [0, 0.05) is 24.5 Å². The van der Waals surface area contributed by atoms with Crippen molar-refractivity contribution in [3.63, 3.8) is 0 Å². The minimum atomic E-state index is -1.47. The van der Waals surface area contributed by atoms with Crippen molar-refractivity contribution in [3.8, 4) is 0 Å². The van der Waals surface area contributed by atoms with E-state index in [-0.39, 0.29) is 6.54 Å². The van der Waals surface area contributed by atoms with E-state index in [0.717, 1.165) is 22.8 Å². The van der Waals surface area contributed by atoms with Gasteiger partial charge in [-0.1, -0.05) is 0 Å². The number of aryl methyl sites for hydroxylation is 1. The van der Waals surface area contributed by atoms with Crippen LogP contribution in [0, 0.1) is 24.4 Å². The van der Waals surface area contributed by atoms with E-state index >= 15 is 0 Å². The van der Waals surface area contributed by atoms with Crippen molar-refractivity contribution in [3.05, 3.63) is 51.2 Å². The number of benzene rings is 1. The van der Waals surface area contributed by atoms with Crippen LogP contribution in [0.5, 0.6) is 0 Å². The lowest BCUT2D eigenvalue weighted by molar-refractivity contribution is 0.238. The maximum Gasteiger partial charge on any atom is 0.194 e. The molecule has 0 radical (unpaired) electrons. The monoisotopic (exact) mass is 315 g/mol. The summed E-state index contributed by atoms with van der Waals surface area (Å²) in [7, 11) is 1.78. The van der Waals surface area contributed by atoms with Gasteiger partial charge in [0.15, 0.2) is 17.5 Å². The third-order valence-electron chi connectivity index (χ3n) is 3.22. The van der Waals surface area contributed by atoms with Gasteiger partial charge in [-0.05, 0) is 31.7 Å². The van der Waals surface area contributed by atoms with E-state index in [1.165, 1.54) is 11.3 Å². The molecule has 0 amide bonds. The fourth-order valence-electron chi connectivity index (χ4n) is 2.18. The van der Waals surface area contributed by atoms with Gasteiger partial charge in [-0.3, -0.25) is 4.90 Å². The van der Waals surface area contributed by atoms with E-state index in [1.807, 2.05) is 17.2 Å². The second-order valence-corrected chi connectivity index (χ2v) is 5.89. The molecule has 2 rings (SSSR count). The van der Waals surface area contributed by atoms with E-state index in [2.05, 4.69) is 4.98 Å². The summed E-state index contributed by atoms with van der Waals surface area (Å²) in [6.07, 6.45) is 0. The van der Waals surface area contributed by atoms with Gasteiger partial charge in [0.05, 0.1) is 10.7 Å². The molecule has 0 saturated carbocycles. The van der Waals surface area contributed by atoms with E-state index in [0.29, 0.717) is 12.1 Å². The van der Waals surface area contributed by atoms with Crippen LogP contribution in [0.25, 0.3) is 0 Å². The summed E-state index contributed by atoms with van der Waals surface area (Å²) < 4.78 is 39.7. The largest absolute Gasteiger partial charge is 0.329 e. The lowest BCUT2D eigenvalue weighted by atomic mass is 10.0. The van der Waals surface area contributed by atoms with Crippen LogP contribution >= 0.6 is 11.3 Å². The molecular weight excluding hydrogens is 299 g/mol. The molecule has 7 heteroatoms. The molecule has 0 fully saturated rings. The van der Waals surface area contributed by atoms with Crippen LogP contribution in [-0.2, 0) is 6.54 Å². The Morgan fingerprint density at radius 1 is 1.29 bits per heavy atom. The summed E-state index contributed by atoms with van der Waals surface area (Å²) in [5.74, 6) is -3.88. The lowest BCUT2D eigenvalue weighted by Crippen LogP contribution is -2.30. The predicted octanol–water partition coefficient (Wildman–Crippen LogP) is 3.00. The zero-order valence-corrected chi connectivity index (χ0v) is 12.6. The van der Waals surface area contributed by atoms with Crippen molar-refractivity contribution < 1.29 is 13.2 Å². The molecule has 1 aromatic heterocycles. The molecule has 0 aliphatic carbocycles. The first kappa shape index (κ1) is 15.9. The van der Waals surface area contributed by atoms with Crippen molar-refractivity contribution >= 4 is 11.3 Å². The van der Waals surface area contributed by atoms with Crippen molar-refractivity contribution in [1.82, 2.24) is 9.88 Å². The molecule has 2 aromatic rings. The van der Waals surface area contributed by atoms with Crippen LogP contribution in [-0.4, -0.2) is 23.5 Å². The molecule has 1 heterocycles. The van der Waals surface area contributed by atoms with Gasteiger partial charge < -0.3 is 5.73 Å². The molecule has 2 N–H and O–H groups in total. The van der Waals surface area contributed by atoms with Gasteiger partial charge in [0.2, 0.25) is 0 Å². The number of likely N-dealkylation sites (N-methyl/N-ethyl adjacent to an activating group) is 1. The molecule has 0 saturated heterocycles. The third-order valence-corrected chi connectivity index (χ3v) is 4.05. The van der Waals surface area contributed by atoms with Crippen LogP contribution < -0.4 is 5.73 Å². The van der Waals surface area contributed by atoms with Crippen LogP contribution in [0.15, 0.2) is 17.5 Å². The molecule has 1 atom stereocenters. The molecule has 0 aliphatic rings. The first-order valence-electron chi connectivity index (χ1n) is 6.38. The molecule has 114 valence electrons. The topological polar surface area (TPSA) is 42.2 Å². The second kappa shape index (κ2) is 6.55. The third kappa shape index (κ3) is 3.61. The SMILES string of the molecule is Cc1nc(CN(C)C(CN)c2cc(F)c(F)c(F)c2)cs1. The molecule has 3 nitrogen and oxygen atoms in total. The van der Waals surface area contributed by atoms with Gasteiger partial charge >= 0.3 is 0 Å². The fraction of sp³-hybridized carbons (Fsp3) is 0.357. The minimum Gasteiger partial charge on any atom is -0.329 e. The van der Waals surface area contributed by atoms with Crippen molar-refractivity contribution in [2.45, 2.75) is 19.5 Å². The number of rotatable bonds is 5. The summed E-state index contributed by atoms with van der Waals surface area (Å²) in [4.78, 5) is 6.17. The van der Waals surface area contributed by atoms with Gasteiger partial charge in [0.25, 0.3) is 0 Å². The normalized spacial score (nSPS) is 12.9. The number of nitrogens with two attached hydrogens (primary N) is 1. The Morgan fingerprint density at radius 2 is 1.90 bits per heavy atom. The molecule has 0 aliphatic heterocycles. The quantitative estimate of drug-likeness (QED) is 0.863. The molecular formula is C14H16F3N3S. The predicted molar refractivity (Wildman–Crippen MR) is 76.4 cm³/mol. The Kier molecular flexibility index (Phi) is 4.97. The van der Waals surface area contributed by atoms with Crippen molar-refractivity contribution in [2.75, 3.05) is 13.6 Å². The van der Waals surface area contributed by atoms with Crippen LogP contribution in [0.4, 0.5) is 13.2 Å². The first-order valence-corrected chi connectivity index (χ1v) is 7.26. The summed E-state index contributed by atoms with van der Waals surface area (Å²) in [6.45, 7) is 2.55. The number of aromatic nitrogens is 1. The summed E-state index contributed by atoms with van der Waals surface area (Å²) in [5, 5.41) is 2.87. The standard InChI is InChI=1S/C14H16F3N3S/c1-8-19-10(7-21-8)6-20(2)13(5-18)9-3-11(15)14(17)12(16)4-9/h3-4,7,13H,5-6,18H2,1-2H3. The van der Waals surface area contributed by atoms with Crippen LogP contribution in [0.2, 0.25) is 0 Å². The van der Waals surface area contributed by atoms with E-state index in [1.54, 1.807) is 7.05 Å². The highest BCUT2D eigenvalue weighted by Crippen LogP contribution is 2.24. The van der Waals surface area contributed by atoms with E-state index in [9.17, 15) is 13.2 Å². The summed E-state index contributed by atoms with van der Waals surface area (Å²) >= 11 is 1.53. The van der Waals surface area contributed by atoms with Crippen LogP contribution in [0.1, 0.15) is 22.3 Å². The van der Waals surface area contributed by atoms with Gasteiger partial charge in [-0.25, -0.2) is 18.2 Å². The average Bonchev–Trinajstić information content (AvgIpc) is 2.82. The second-order valence-electron chi connectivity index (χ2n) is 4.82. The smallest absolute Gasteiger partial charge is 0.194 e. The highest BCUT2D eigenvalue weighted by atomic mass is 32.1. The Bertz CT molecular complexity index is 607. The average molecular weight is 315 g/mol. The van der Waals surface area contributed by atoms with Gasteiger partial charge in [-0.2, -0.15) is 0 Å². The number of hydrogen-bond donors (Lipinski definition) is 1. The summed E-state index contributed by atoms with van der Waals surface area (Å²) in [5.41, 5.74) is 6.88.